The summed E-state index contributed by atoms with van der Waals surface area (Å²) < 4.78 is 63.1. The van der Waals surface area contributed by atoms with Crippen molar-refractivity contribution in [2.45, 2.75) is 44.9 Å². The number of halogens is 4. The van der Waals surface area contributed by atoms with Gasteiger partial charge in [-0.3, -0.25) is 9.58 Å². The number of carboxylic acids is 1. The molecule has 1 aliphatic rings. The molecule has 190 valence electrons. The molecule has 3 aromatic rings. The Morgan fingerprint density at radius 2 is 1.89 bits per heavy atom. The molecule has 0 bridgehead atoms. The summed E-state index contributed by atoms with van der Waals surface area (Å²) >= 11 is 0. The maximum Gasteiger partial charge on any atom is 0.328 e. The van der Waals surface area contributed by atoms with Gasteiger partial charge in [-0.05, 0) is 62.1 Å². The van der Waals surface area contributed by atoms with E-state index in [1.165, 1.54) is 20.0 Å². The Bertz CT molecular complexity index is 1320. The Morgan fingerprint density at radius 1 is 1.22 bits per heavy atom. The Hall–Kier alpha value is -3.46. The Labute approximate surface area is 206 Å². The van der Waals surface area contributed by atoms with Gasteiger partial charge in [0.2, 0.25) is 0 Å². The second kappa shape index (κ2) is 9.54. The average molecular weight is 502 g/mol. The number of fused-ring (bicyclic) bond motifs is 1. The number of rotatable bonds is 6. The minimum atomic E-state index is -1.69. The lowest BCUT2D eigenvalue weighted by Gasteiger charge is -2.44. The van der Waals surface area contributed by atoms with E-state index in [2.05, 4.69) is 5.10 Å². The second-order valence-electron chi connectivity index (χ2n) is 9.81. The van der Waals surface area contributed by atoms with E-state index in [0.29, 0.717) is 22.3 Å². The van der Waals surface area contributed by atoms with Crippen LogP contribution in [0.2, 0.25) is 0 Å². The molecule has 0 aliphatic carbocycles. The molecular weight excluding hydrogens is 474 g/mol. The fraction of sp³-hybridized carbons (Fsp3) is 0.333. The largest absolute Gasteiger partial charge is 0.478 e. The number of nitrogens with zero attached hydrogens (tertiary/aromatic N) is 3. The molecule has 4 rings (SSSR count). The van der Waals surface area contributed by atoms with Gasteiger partial charge in [0.25, 0.3) is 0 Å². The third kappa shape index (κ3) is 5.06. The molecule has 0 unspecified atom stereocenters. The van der Waals surface area contributed by atoms with Gasteiger partial charge in [-0.15, -0.1) is 0 Å². The molecule has 1 aromatic heterocycles. The first kappa shape index (κ1) is 25.6. The topological polar surface area (TPSA) is 58.4 Å². The quantitative estimate of drug-likeness (QED) is 0.349. The minimum absolute atomic E-state index is 0.0238. The number of benzene rings is 2. The van der Waals surface area contributed by atoms with Crippen molar-refractivity contribution in [3.63, 3.8) is 0 Å². The first-order valence-electron chi connectivity index (χ1n) is 11.5. The number of aliphatic carboxylic acids is 1. The van der Waals surface area contributed by atoms with Crippen molar-refractivity contribution in [2.75, 3.05) is 6.54 Å². The summed E-state index contributed by atoms with van der Waals surface area (Å²) in [5.74, 6) is -3.61. The molecule has 2 atom stereocenters. The van der Waals surface area contributed by atoms with Gasteiger partial charge in [0.15, 0.2) is 0 Å². The predicted molar refractivity (Wildman–Crippen MR) is 129 cm³/mol. The average Bonchev–Trinajstić information content (AvgIpc) is 3.19. The Balaban J connectivity index is 1.90. The lowest BCUT2D eigenvalue weighted by atomic mass is 9.82. The zero-order valence-electron chi connectivity index (χ0n) is 20.4. The Morgan fingerprint density at radius 3 is 2.44 bits per heavy atom. The van der Waals surface area contributed by atoms with E-state index in [1.54, 1.807) is 41.9 Å². The first-order valence-corrected chi connectivity index (χ1v) is 11.5. The van der Waals surface area contributed by atoms with Crippen LogP contribution < -0.4 is 0 Å². The summed E-state index contributed by atoms with van der Waals surface area (Å²) in [6, 6.07) is 3.71. The summed E-state index contributed by atoms with van der Waals surface area (Å²) in [5, 5.41) is 12.9. The normalized spacial score (nSPS) is 18.6. The Kier molecular flexibility index (Phi) is 6.79. The molecule has 0 fully saturated rings. The van der Waals surface area contributed by atoms with E-state index in [0.717, 1.165) is 24.3 Å². The third-order valence-electron chi connectivity index (χ3n) is 6.34. The van der Waals surface area contributed by atoms with Gasteiger partial charge in [0, 0.05) is 48.6 Å². The van der Waals surface area contributed by atoms with Gasteiger partial charge in [-0.2, -0.15) is 5.10 Å². The minimum Gasteiger partial charge on any atom is -0.478 e. The van der Waals surface area contributed by atoms with E-state index in [1.807, 2.05) is 0 Å². The van der Waals surface area contributed by atoms with Crippen molar-refractivity contribution >= 4 is 12.0 Å². The molecule has 1 N–H and O–H groups in total. The third-order valence-corrected chi connectivity index (χ3v) is 6.34. The van der Waals surface area contributed by atoms with Gasteiger partial charge in [-0.1, -0.05) is 12.1 Å². The van der Waals surface area contributed by atoms with E-state index >= 15 is 13.2 Å². The highest BCUT2D eigenvalue weighted by molar-refractivity contribution is 5.85. The van der Waals surface area contributed by atoms with Crippen molar-refractivity contribution in [1.29, 1.82) is 0 Å². The van der Waals surface area contributed by atoms with Crippen molar-refractivity contribution < 1.29 is 27.5 Å². The number of carboxylic acid groups (broad SMARTS) is 1. The lowest BCUT2D eigenvalue weighted by molar-refractivity contribution is -0.131. The summed E-state index contributed by atoms with van der Waals surface area (Å²) in [7, 11) is 1.72. The van der Waals surface area contributed by atoms with E-state index in [9.17, 15) is 9.18 Å². The molecule has 0 radical (unpaired) electrons. The molecule has 2 aromatic carbocycles. The van der Waals surface area contributed by atoms with E-state index < -0.39 is 41.2 Å². The van der Waals surface area contributed by atoms with Crippen LogP contribution in [0.4, 0.5) is 17.6 Å². The number of alkyl halides is 1. The van der Waals surface area contributed by atoms with Crippen LogP contribution in [0.25, 0.3) is 17.2 Å². The lowest BCUT2D eigenvalue weighted by Crippen LogP contribution is -2.48. The maximum absolute atomic E-state index is 15.8. The van der Waals surface area contributed by atoms with Gasteiger partial charge in [-0.25, -0.2) is 22.4 Å². The molecule has 1 aliphatic heterocycles. The van der Waals surface area contributed by atoms with Crippen LogP contribution in [0.1, 0.15) is 49.1 Å². The highest BCUT2D eigenvalue weighted by Crippen LogP contribution is 2.43. The number of hydrogen-bond donors (Lipinski definition) is 1. The first-order chi connectivity index (χ1) is 16.9. The van der Waals surface area contributed by atoms with Crippen LogP contribution in [0.3, 0.4) is 0 Å². The highest BCUT2D eigenvalue weighted by Gasteiger charge is 2.40. The standard InChI is InChI=1S/C27H27F4N3O2/c1-15-9-20-19(7-6-18(25(20)30)17-12-32-33(4)13-17)26(34(15)14-27(2,3)31)24-21(28)10-16(11-22(24)29)5-8-23(35)36/h5-8,10-13,15,26H,9,14H2,1-4H3,(H,35,36)/b8-5+/t15-,26+/m0/s1. The van der Waals surface area contributed by atoms with Crippen LogP contribution in [0, 0.1) is 17.5 Å². The molecule has 36 heavy (non-hydrogen) atoms. The van der Waals surface area contributed by atoms with Gasteiger partial charge >= 0.3 is 5.97 Å². The molecule has 2 heterocycles. The number of carbonyl (C=O) groups is 1. The molecule has 0 spiro atoms. The van der Waals surface area contributed by atoms with E-state index in [-0.39, 0.29) is 24.1 Å². The summed E-state index contributed by atoms with van der Waals surface area (Å²) in [5.41, 5.74) is -0.438. The molecule has 0 saturated heterocycles. The molecule has 0 saturated carbocycles. The van der Waals surface area contributed by atoms with Crippen LogP contribution in [0.5, 0.6) is 0 Å². The van der Waals surface area contributed by atoms with Gasteiger partial charge in [0.05, 0.1) is 12.2 Å². The SMILES string of the molecule is C[C@H]1Cc2c(ccc(-c3cnn(C)c3)c2F)[C@H](c2c(F)cc(/C=C/C(=O)O)cc2F)N1CC(C)(C)F. The van der Waals surface area contributed by atoms with Crippen molar-refractivity contribution in [3.05, 3.63) is 82.4 Å². The molecule has 9 heteroatoms. The smallest absolute Gasteiger partial charge is 0.328 e. The second-order valence-corrected chi connectivity index (χ2v) is 9.81. The van der Waals surface area contributed by atoms with Crippen molar-refractivity contribution in [1.82, 2.24) is 14.7 Å². The van der Waals surface area contributed by atoms with Crippen LogP contribution in [-0.4, -0.2) is 44.0 Å². The molecule has 5 nitrogen and oxygen atoms in total. The summed E-state index contributed by atoms with van der Waals surface area (Å²) in [6.07, 6.45) is 5.30. The number of hydrogen-bond acceptors (Lipinski definition) is 3. The maximum atomic E-state index is 15.8. The van der Waals surface area contributed by atoms with Crippen molar-refractivity contribution in [3.8, 4) is 11.1 Å². The molecular formula is C27H27F4N3O2. The highest BCUT2D eigenvalue weighted by atomic mass is 19.1. The monoisotopic (exact) mass is 501 g/mol. The van der Waals surface area contributed by atoms with Crippen LogP contribution in [-0.2, 0) is 18.3 Å². The summed E-state index contributed by atoms with van der Waals surface area (Å²) in [6.45, 7) is 4.40. The molecule has 0 amide bonds. The fourth-order valence-electron chi connectivity index (χ4n) is 4.86. The van der Waals surface area contributed by atoms with Crippen molar-refractivity contribution in [2.24, 2.45) is 7.05 Å². The summed E-state index contributed by atoms with van der Waals surface area (Å²) in [4.78, 5) is 12.5. The fourth-order valence-corrected chi connectivity index (χ4v) is 4.86. The predicted octanol–water partition coefficient (Wildman–Crippen LogP) is 5.69. The zero-order chi connectivity index (χ0) is 26.4. The van der Waals surface area contributed by atoms with Gasteiger partial charge < -0.3 is 5.11 Å². The van der Waals surface area contributed by atoms with Gasteiger partial charge in [0.1, 0.15) is 23.1 Å². The van der Waals surface area contributed by atoms with Crippen LogP contribution >= 0.6 is 0 Å². The van der Waals surface area contributed by atoms with E-state index in [4.69, 9.17) is 5.11 Å². The zero-order valence-corrected chi connectivity index (χ0v) is 20.4. The number of aromatic nitrogens is 2. The van der Waals surface area contributed by atoms with Crippen LogP contribution in [0.15, 0.2) is 42.7 Å². The number of aryl methyl sites for hydroxylation is 1.